The third kappa shape index (κ3) is 2.77. The molecular formula is C19H17N5O2S. The van der Waals surface area contributed by atoms with E-state index in [0.717, 1.165) is 5.56 Å². The highest BCUT2D eigenvalue weighted by molar-refractivity contribution is 7.08. The maximum absolute atomic E-state index is 12.2. The summed E-state index contributed by atoms with van der Waals surface area (Å²) >= 11 is 1.44. The zero-order chi connectivity index (χ0) is 19.6. The first-order valence-electron chi connectivity index (χ1n) is 8.48. The molecule has 1 N–H and O–H groups in total. The van der Waals surface area contributed by atoms with Gasteiger partial charge in [0.2, 0.25) is 0 Å². The molecule has 1 aromatic heterocycles. The highest BCUT2D eigenvalue weighted by Gasteiger charge is 2.58. The molecule has 0 radical (unpaired) electrons. The van der Waals surface area contributed by atoms with Crippen molar-refractivity contribution in [2.45, 2.75) is 12.8 Å². The molecule has 0 bridgehead atoms. The van der Waals surface area contributed by atoms with Crippen LogP contribution in [0, 0.1) is 56.7 Å². The van der Waals surface area contributed by atoms with E-state index in [-0.39, 0.29) is 25.4 Å². The summed E-state index contributed by atoms with van der Waals surface area (Å²) in [5.41, 5.74) is -0.453. The van der Waals surface area contributed by atoms with Gasteiger partial charge in [0, 0.05) is 24.9 Å². The minimum absolute atomic E-state index is 0.182. The maximum Gasteiger partial charge on any atom is 0.410 e. The number of carbonyl (C=O) groups excluding carboxylic acids is 1. The SMILES string of the molecule is CCOC(=O)N1CC=C2C(C#N)C(=N)C(C#N)(C#N)[C@@H](c3ccsc3)[C@H]2C1. The van der Waals surface area contributed by atoms with Gasteiger partial charge in [-0.2, -0.15) is 27.1 Å². The van der Waals surface area contributed by atoms with E-state index in [0.29, 0.717) is 5.57 Å². The number of carbonyl (C=O) groups is 1. The number of thiophene rings is 1. The first-order chi connectivity index (χ1) is 13.0. The van der Waals surface area contributed by atoms with Crippen molar-refractivity contribution >= 4 is 23.1 Å². The summed E-state index contributed by atoms with van der Waals surface area (Å²) < 4.78 is 5.09. The monoisotopic (exact) mass is 379 g/mol. The highest BCUT2D eigenvalue weighted by atomic mass is 32.1. The topological polar surface area (TPSA) is 125 Å². The lowest BCUT2D eigenvalue weighted by Gasteiger charge is -2.47. The Bertz CT molecular complexity index is 901. The van der Waals surface area contributed by atoms with Gasteiger partial charge in [-0.25, -0.2) is 4.79 Å². The quantitative estimate of drug-likeness (QED) is 0.791. The van der Waals surface area contributed by atoms with E-state index in [1.165, 1.54) is 16.2 Å². The molecule has 2 heterocycles. The molecule has 0 aromatic carbocycles. The number of nitrogens with zero attached hydrogens (tertiary/aromatic N) is 4. The van der Waals surface area contributed by atoms with Gasteiger partial charge < -0.3 is 15.0 Å². The van der Waals surface area contributed by atoms with E-state index in [4.69, 9.17) is 10.1 Å². The molecule has 1 aromatic rings. The number of hydrogen-bond acceptors (Lipinski definition) is 7. The minimum Gasteiger partial charge on any atom is -0.450 e. The van der Waals surface area contributed by atoms with Gasteiger partial charge in [-0.15, -0.1) is 0 Å². The third-order valence-corrected chi connectivity index (χ3v) is 5.92. The van der Waals surface area contributed by atoms with Gasteiger partial charge in [-0.1, -0.05) is 6.08 Å². The molecule has 1 aliphatic heterocycles. The van der Waals surface area contributed by atoms with Crippen molar-refractivity contribution in [2.75, 3.05) is 19.7 Å². The lowest BCUT2D eigenvalue weighted by atomic mass is 9.54. The van der Waals surface area contributed by atoms with Crippen LogP contribution in [-0.4, -0.2) is 36.4 Å². The van der Waals surface area contributed by atoms with Crippen LogP contribution in [0.5, 0.6) is 0 Å². The van der Waals surface area contributed by atoms with Crippen LogP contribution in [0.4, 0.5) is 4.79 Å². The smallest absolute Gasteiger partial charge is 0.410 e. The number of ether oxygens (including phenoxy) is 1. The van der Waals surface area contributed by atoms with Crippen molar-refractivity contribution in [1.29, 1.82) is 21.2 Å². The highest BCUT2D eigenvalue weighted by Crippen LogP contribution is 2.53. The number of nitrogens with one attached hydrogen (secondary N) is 1. The molecular weight excluding hydrogens is 362 g/mol. The fourth-order valence-electron chi connectivity index (χ4n) is 4.00. The Morgan fingerprint density at radius 1 is 1.44 bits per heavy atom. The van der Waals surface area contributed by atoms with Gasteiger partial charge in [0.1, 0.15) is 5.92 Å². The predicted molar refractivity (Wildman–Crippen MR) is 97.7 cm³/mol. The van der Waals surface area contributed by atoms with Gasteiger partial charge >= 0.3 is 6.09 Å². The van der Waals surface area contributed by atoms with Crippen molar-refractivity contribution < 1.29 is 9.53 Å². The molecule has 1 aliphatic carbocycles. The van der Waals surface area contributed by atoms with Gasteiger partial charge in [-0.05, 0) is 34.9 Å². The summed E-state index contributed by atoms with van der Waals surface area (Å²) in [6.07, 6.45) is 1.30. The van der Waals surface area contributed by atoms with Crippen LogP contribution in [0.15, 0.2) is 28.5 Å². The van der Waals surface area contributed by atoms with Crippen molar-refractivity contribution in [1.82, 2.24) is 4.90 Å². The van der Waals surface area contributed by atoms with Crippen LogP contribution in [-0.2, 0) is 4.74 Å². The van der Waals surface area contributed by atoms with E-state index in [9.17, 15) is 20.6 Å². The second-order valence-corrected chi connectivity index (χ2v) is 7.24. The zero-order valence-electron chi connectivity index (χ0n) is 14.7. The molecule has 27 heavy (non-hydrogen) atoms. The standard InChI is InChI=1S/C19H17N5O2S/c1-2-26-18(25)24-5-3-13-14(7-20)17(23)19(10-21,11-22)16(15(13)8-24)12-4-6-27-9-12/h3-4,6,9,14-16,23H,2,5,8H2,1H3/t14?,15-,16-/m0/s1. The maximum atomic E-state index is 12.2. The van der Waals surface area contributed by atoms with Gasteiger partial charge in [-0.3, -0.25) is 0 Å². The van der Waals surface area contributed by atoms with E-state index in [2.05, 4.69) is 6.07 Å². The molecule has 1 fully saturated rings. The second kappa shape index (κ2) is 7.23. The van der Waals surface area contributed by atoms with Crippen molar-refractivity contribution in [3.8, 4) is 18.2 Å². The Kier molecular flexibility index (Phi) is 4.99. The van der Waals surface area contributed by atoms with Gasteiger partial charge in [0.15, 0.2) is 5.41 Å². The van der Waals surface area contributed by atoms with Gasteiger partial charge in [0.05, 0.1) is 30.5 Å². The fourth-order valence-corrected chi connectivity index (χ4v) is 4.70. The van der Waals surface area contributed by atoms with Crippen molar-refractivity contribution in [2.24, 2.45) is 17.3 Å². The average molecular weight is 379 g/mol. The lowest BCUT2D eigenvalue weighted by molar-refractivity contribution is 0.0992. The molecule has 7 nitrogen and oxygen atoms in total. The lowest BCUT2D eigenvalue weighted by Crippen LogP contribution is -2.53. The summed E-state index contributed by atoms with van der Waals surface area (Å²) in [5, 5.41) is 41.7. The first-order valence-corrected chi connectivity index (χ1v) is 9.43. The second-order valence-electron chi connectivity index (χ2n) is 6.46. The Morgan fingerprint density at radius 2 is 2.19 bits per heavy atom. The van der Waals surface area contributed by atoms with Gasteiger partial charge in [0.25, 0.3) is 0 Å². The van der Waals surface area contributed by atoms with E-state index >= 15 is 0 Å². The molecule has 136 valence electrons. The zero-order valence-corrected chi connectivity index (χ0v) is 15.5. The number of hydrogen-bond donors (Lipinski definition) is 1. The van der Waals surface area contributed by atoms with Crippen LogP contribution >= 0.6 is 11.3 Å². The molecule has 0 saturated heterocycles. The summed E-state index contributed by atoms with van der Waals surface area (Å²) in [6, 6.07) is 7.97. The largest absolute Gasteiger partial charge is 0.450 e. The van der Waals surface area contributed by atoms with Crippen LogP contribution in [0.3, 0.4) is 0 Å². The molecule has 8 heteroatoms. The molecule has 1 saturated carbocycles. The van der Waals surface area contributed by atoms with Crippen molar-refractivity contribution in [3.05, 3.63) is 34.0 Å². The van der Waals surface area contributed by atoms with E-state index in [1.807, 2.05) is 29.0 Å². The summed E-state index contributed by atoms with van der Waals surface area (Å²) in [5.74, 6) is -1.97. The number of nitriles is 3. The number of rotatable bonds is 2. The van der Waals surface area contributed by atoms with Crippen LogP contribution < -0.4 is 0 Å². The summed E-state index contributed by atoms with van der Waals surface area (Å²) in [7, 11) is 0. The number of fused-ring (bicyclic) bond motifs is 1. The molecule has 3 rings (SSSR count). The third-order valence-electron chi connectivity index (χ3n) is 5.22. The first kappa shape index (κ1) is 18.6. The summed E-state index contributed by atoms with van der Waals surface area (Å²) in [4.78, 5) is 13.7. The Balaban J connectivity index is 2.15. The Labute approximate surface area is 161 Å². The predicted octanol–water partition coefficient (Wildman–Crippen LogP) is 3.05. The molecule has 3 atom stereocenters. The fraction of sp³-hybridized carbons (Fsp3) is 0.421. The molecule has 2 aliphatic rings. The Morgan fingerprint density at radius 3 is 2.74 bits per heavy atom. The molecule has 1 amide bonds. The molecule has 0 spiro atoms. The number of amides is 1. The Hall–Kier alpha value is -3.15. The van der Waals surface area contributed by atoms with Crippen molar-refractivity contribution in [3.63, 3.8) is 0 Å². The summed E-state index contributed by atoms with van der Waals surface area (Å²) in [6.45, 7) is 2.48. The molecule has 1 unspecified atom stereocenters. The van der Waals surface area contributed by atoms with E-state index < -0.39 is 29.3 Å². The minimum atomic E-state index is -1.75. The van der Waals surface area contributed by atoms with Crippen LogP contribution in [0.1, 0.15) is 18.4 Å². The van der Waals surface area contributed by atoms with Crippen LogP contribution in [0.2, 0.25) is 0 Å². The van der Waals surface area contributed by atoms with Crippen LogP contribution in [0.25, 0.3) is 0 Å². The van der Waals surface area contributed by atoms with E-state index in [1.54, 1.807) is 13.0 Å². The average Bonchev–Trinajstić information content (AvgIpc) is 3.21. The normalized spacial score (nSPS) is 26.0.